The molecule has 0 aromatic heterocycles. The first-order valence-electron chi connectivity index (χ1n) is 5.51. The van der Waals surface area contributed by atoms with Crippen LogP contribution in [0.1, 0.15) is 30.6 Å². The van der Waals surface area contributed by atoms with Crippen molar-refractivity contribution in [1.82, 2.24) is 0 Å². The molecule has 3 heteroatoms. The summed E-state index contributed by atoms with van der Waals surface area (Å²) in [6, 6.07) is 7.65. The summed E-state index contributed by atoms with van der Waals surface area (Å²) >= 11 is 1.88. The minimum atomic E-state index is 0.113. The van der Waals surface area contributed by atoms with Gasteiger partial charge in [-0.05, 0) is 43.9 Å². The van der Waals surface area contributed by atoms with Gasteiger partial charge in [-0.15, -0.1) is 0 Å². The van der Waals surface area contributed by atoms with E-state index in [1.54, 1.807) is 6.92 Å². The molecule has 1 N–H and O–H groups in total. The molecule has 1 atom stereocenters. The Hall–Kier alpha value is -0.960. The second-order valence-electron chi connectivity index (χ2n) is 3.90. The molecule has 0 spiro atoms. The van der Waals surface area contributed by atoms with Crippen molar-refractivity contribution in [3.63, 3.8) is 0 Å². The molecule has 0 radical (unpaired) electrons. The van der Waals surface area contributed by atoms with Crippen LogP contribution in [-0.4, -0.2) is 23.8 Å². The molecule has 1 unspecified atom stereocenters. The average Bonchev–Trinajstić information content (AvgIpc) is 2.29. The number of ketones is 1. The number of hydrogen-bond acceptors (Lipinski definition) is 3. The average molecular weight is 237 g/mol. The van der Waals surface area contributed by atoms with Gasteiger partial charge < -0.3 is 5.32 Å². The molecule has 0 aliphatic heterocycles. The standard InChI is InChI=1S/C13H19NOS/c1-10(16-3)8-9-14-13-6-4-12(5-7-13)11(2)15/h4-7,10,14H,8-9H2,1-3H3. The molecule has 0 aliphatic carbocycles. The van der Waals surface area contributed by atoms with Gasteiger partial charge in [-0.1, -0.05) is 6.92 Å². The number of nitrogens with one attached hydrogen (secondary N) is 1. The SMILES string of the molecule is CSC(C)CCNc1ccc(C(C)=O)cc1. The van der Waals surface area contributed by atoms with Crippen LogP contribution < -0.4 is 5.32 Å². The van der Waals surface area contributed by atoms with Gasteiger partial charge in [0.05, 0.1) is 0 Å². The van der Waals surface area contributed by atoms with Crippen LogP contribution in [0.5, 0.6) is 0 Å². The third kappa shape index (κ3) is 4.27. The van der Waals surface area contributed by atoms with Crippen molar-refractivity contribution in [3.8, 4) is 0 Å². The molecule has 2 nitrogen and oxygen atoms in total. The second kappa shape index (κ2) is 6.59. The maximum Gasteiger partial charge on any atom is 0.159 e. The van der Waals surface area contributed by atoms with Crippen molar-refractivity contribution in [2.24, 2.45) is 0 Å². The zero-order chi connectivity index (χ0) is 12.0. The zero-order valence-electron chi connectivity index (χ0n) is 10.1. The second-order valence-corrected chi connectivity index (χ2v) is 5.17. The molecular weight excluding hydrogens is 218 g/mol. The predicted molar refractivity (Wildman–Crippen MR) is 72.5 cm³/mol. The summed E-state index contributed by atoms with van der Waals surface area (Å²) in [4.78, 5) is 11.1. The van der Waals surface area contributed by atoms with E-state index in [9.17, 15) is 4.79 Å². The Kier molecular flexibility index (Phi) is 5.39. The third-order valence-electron chi connectivity index (χ3n) is 2.57. The Labute approximate surface area is 102 Å². The van der Waals surface area contributed by atoms with E-state index in [-0.39, 0.29) is 5.78 Å². The topological polar surface area (TPSA) is 29.1 Å². The highest BCUT2D eigenvalue weighted by Crippen LogP contribution is 2.12. The monoisotopic (exact) mass is 237 g/mol. The number of carbonyl (C=O) groups is 1. The number of thioether (sulfide) groups is 1. The van der Waals surface area contributed by atoms with E-state index >= 15 is 0 Å². The lowest BCUT2D eigenvalue weighted by Gasteiger charge is -2.10. The van der Waals surface area contributed by atoms with Crippen LogP contribution in [-0.2, 0) is 0 Å². The van der Waals surface area contributed by atoms with Gasteiger partial charge >= 0.3 is 0 Å². The van der Waals surface area contributed by atoms with Gasteiger partial charge in [0, 0.05) is 23.0 Å². The number of hydrogen-bond donors (Lipinski definition) is 1. The first kappa shape index (κ1) is 13.1. The van der Waals surface area contributed by atoms with E-state index in [0.717, 1.165) is 24.2 Å². The van der Waals surface area contributed by atoms with Gasteiger partial charge in [0.25, 0.3) is 0 Å². The Balaban J connectivity index is 2.40. The van der Waals surface area contributed by atoms with Crippen LogP contribution in [0.3, 0.4) is 0 Å². The maximum atomic E-state index is 11.1. The molecule has 16 heavy (non-hydrogen) atoms. The summed E-state index contributed by atoms with van der Waals surface area (Å²) in [6.07, 6.45) is 3.28. The van der Waals surface area contributed by atoms with Gasteiger partial charge in [-0.3, -0.25) is 4.79 Å². The van der Waals surface area contributed by atoms with Crippen LogP contribution in [0.25, 0.3) is 0 Å². The first-order chi connectivity index (χ1) is 7.63. The van der Waals surface area contributed by atoms with Crippen LogP contribution >= 0.6 is 11.8 Å². The summed E-state index contributed by atoms with van der Waals surface area (Å²) in [5.41, 5.74) is 1.85. The molecule has 0 saturated carbocycles. The smallest absolute Gasteiger partial charge is 0.159 e. The van der Waals surface area contributed by atoms with Crippen LogP contribution in [0.4, 0.5) is 5.69 Å². The lowest BCUT2D eigenvalue weighted by molar-refractivity contribution is 0.101. The Morgan fingerprint density at radius 1 is 1.38 bits per heavy atom. The number of carbonyl (C=O) groups excluding carboxylic acids is 1. The number of anilines is 1. The summed E-state index contributed by atoms with van der Waals surface area (Å²) in [5, 5.41) is 4.04. The molecule has 0 fully saturated rings. The highest BCUT2D eigenvalue weighted by molar-refractivity contribution is 7.99. The first-order valence-corrected chi connectivity index (χ1v) is 6.80. The van der Waals surface area contributed by atoms with Crippen molar-refractivity contribution in [2.75, 3.05) is 18.1 Å². The largest absolute Gasteiger partial charge is 0.385 e. The van der Waals surface area contributed by atoms with Crippen LogP contribution in [0.2, 0.25) is 0 Å². The summed E-state index contributed by atoms with van der Waals surface area (Å²) < 4.78 is 0. The fraction of sp³-hybridized carbons (Fsp3) is 0.462. The molecule has 1 rings (SSSR count). The summed E-state index contributed by atoms with van der Waals surface area (Å²) in [7, 11) is 0. The van der Waals surface area contributed by atoms with Gasteiger partial charge in [-0.2, -0.15) is 11.8 Å². The van der Waals surface area contributed by atoms with Crippen molar-refractivity contribution >= 4 is 23.2 Å². The predicted octanol–water partition coefficient (Wildman–Crippen LogP) is 3.44. The van der Waals surface area contributed by atoms with E-state index in [1.807, 2.05) is 36.0 Å². The lowest BCUT2D eigenvalue weighted by Crippen LogP contribution is -2.07. The van der Waals surface area contributed by atoms with E-state index < -0.39 is 0 Å². The third-order valence-corrected chi connectivity index (χ3v) is 3.61. The summed E-state index contributed by atoms with van der Waals surface area (Å²) in [5.74, 6) is 0.113. The lowest BCUT2D eigenvalue weighted by atomic mass is 10.1. The molecule has 1 aromatic rings. The van der Waals surface area contributed by atoms with Crippen molar-refractivity contribution in [2.45, 2.75) is 25.5 Å². The molecule has 1 aromatic carbocycles. The maximum absolute atomic E-state index is 11.1. The van der Waals surface area contributed by atoms with Gasteiger partial charge in [0.2, 0.25) is 0 Å². The molecule has 0 amide bonds. The van der Waals surface area contributed by atoms with Crippen molar-refractivity contribution < 1.29 is 4.79 Å². The minimum absolute atomic E-state index is 0.113. The fourth-order valence-corrected chi connectivity index (χ4v) is 1.71. The summed E-state index contributed by atoms with van der Waals surface area (Å²) in [6.45, 7) is 4.79. The number of Topliss-reactive ketones (excluding diaryl/α,β-unsaturated/α-hetero) is 1. The molecule has 0 heterocycles. The van der Waals surface area contributed by atoms with Gasteiger partial charge in [0.1, 0.15) is 0 Å². The van der Waals surface area contributed by atoms with E-state index in [2.05, 4.69) is 18.5 Å². The Morgan fingerprint density at radius 2 is 2.00 bits per heavy atom. The number of rotatable bonds is 6. The van der Waals surface area contributed by atoms with Gasteiger partial charge in [0.15, 0.2) is 5.78 Å². The van der Waals surface area contributed by atoms with E-state index in [1.165, 1.54) is 0 Å². The Morgan fingerprint density at radius 3 is 2.50 bits per heavy atom. The molecule has 88 valence electrons. The van der Waals surface area contributed by atoms with Crippen molar-refractivity contribution in [3.05, 3.63) is 29.8 Å². The molecular formula is C13H19NOS. The van der Waals surface area contributed by atoms with Crippen LogP contribution in [0, 0.1) is 0 Å². The fourth-order valence-electron chi connectivity index (χ4n) is 1.36. The minimum Gasteiger partial charge on any atom is -0.385 e. The van der Waals surface area contributed by atoms with E-state index in [0.29, 0.717) is 5.25 Å². The highest BCUT2D eigenvalue weighted by atomic mass is 32.2. The van der Waals surface area contributed by atoms with E-state index in [4.69, 9.17) is 0 Å². The number of benzene rings is 1. The molecule has 0 bridgehead atoms. The van der Waals surface area contributed by atoms with Crippen molar-refractivity contribution in [1.29, 1.82) is 0 Å². The normalized spacial score (nSPS) is 12.2. The zero-order valence-corrected chi connectivity index (χ0v) is 10.9. The quantitative estimate of drug-likeness (QED) is 0.768. The molecule has 0 saturated heterocycles. The highest BCUT2D eigenvalue weighted by Gasteiger charge is 2.00. The Bertz CT molecular complexity index is 334. The van der Waals surface area contributed by atoms with Gasteiger partial charge in [-0.25, -0.2) is 0 Å². The molecule has 0 aliphatic rings. The van der Waals surface area contributed by atoms with Crippen LogP contribution in [0.15, 0.2) is 24.3 Å².